The summed E-state index contributed by atoms with van der Waals surface area (Å²) in [5, 5.41) is 7.91. The van der Waals surface area contributed by atoms with Crippen LogP contribution >= 0.6 is 0 Å². The maximum atomic E-state index is 13.9. The Morgan fingerprint density at radius 1 is 1.09 bits per heavy atom. The van der Waals surface area contributed by atoms with Crippen molar-refractivity contribution in [3.8, 4) is 17.0 Å². The van der Waals surface area contributed by atoms with Crippen molar-refractivity contribution in [3.63, 3.8) is 0 Å². The second-order valence-corrected chi connectivity index (χ2v) is 20.8. The molecule has 6 bridgehead atoms. The molecule has 1 fully saturated rings. The molecule has 0 saturated carbocycles. The number of rotatable bonds is 5. The van der Waals surface area contributed by atoms with Crippen LogP contribution in [0.2, 0.25) is 25.7 Å². The number of nitrogens with one attached hydrogen (secondary N) is 1. The fraction of sp³-hybridized carbons (Fsp3) is 0.581. The summed E-state index contributed by atoms with van der Waals surface area (Å²) in [4.78, 5) is 11.4. The zero-order valence-corrected chi connectivity index (χ0v) is 28.2. The van der Waals surface area contributed by atoms with Crippen LogP contribution in [0.15, 0.2) is 35.6 Å². The van der Waals surface area contributed by atoms with Crippen LogP contribution in [0.1, 0.15) is 36.8 Å². The number of aryl methyl sites for hydroxylation is 1. The highest BCUT2D eigenvalue weighted by Crippen LogP contribution is 2.39. The van der Waals surface area contributed by atoms with Crippen LogP contribution in [0.4, 0.5) is 11.6 Å². The minimum absolute atomic E-state index is 0.111. The first-order valence-electron chi connectivity index (χ1n) is 15.8. The summed E-state index contributed by atoms with van der Waals surface area (Å²) >= 11 is 0. The Balaban J connectivity index is 1.41. The van der Waals surface area contributed by atoms with Gasteiger partial charge in [0.15, 0.2) is 0 Å². The van der Waals surface area contributed by atoms with E-state index < -0.39 is 18.1 Å². The van der Waals surface area contributed by atoms with Crippen molar-refractivity contribution in [2.24, 2.45) is 0 Å². The zero-order chi connectivity index (χ0) is 30.9. The largest absolute Gasteiger partial charge is 0.478 e. The molecule has 1 aromatic carbocycles. The zero-order valence-electron chi connectivity index (χ0n) is 26.4. The molecule has 1 saturated heterocycles. The maximum absolute atomic E-state index is 13.9. The quantitative estimate of drug-likeness (QED) is 0.312. The van der Waals surface area contributed by atoms with Crippen LogP contribution in [-0.4, -0.2) is 91.4 Å². The SMILES string of the molecule is CN1CCCOc2cc(ccn2)-c2ccc3c(c2Nc2nc(nn2COCC[Si](C)(C)C)S(=O)(=O)N2CCC1CC2)CCC3. The highest BCUT2D eigenvalue weighted by molar-refractivity contribution is 7.89. The van der Waals surface area contributed by atoms with Crippen molar-refractivity contribution >= 4 is 29.7 Å². The summed E-state index contributed by atoms with van der Waals surface area (Å²) in [6, 6.07) is 9.59. The van der Waals surface area contributed by atoms with Crippen molar-refractivity contribution in [2.75, 3.05) is 45.2 Å². The lowest BCUT2D eigenvalue weighted by molar-refractivity contribution is 0.0791. The van der Waals surface area contributed by atoms with Gasteiger partial charge < -0.3 is 19.7 Å². The summed E-state index contributed by atoms with van der Waals surface area (Å²) in [6.45, 7) is 9.91. The molecular formula is C31H45N7O4SSi. The Morgan fingerprint density at radius 3 is 2.70 bits per heavy atom. The number of hydrogen-bond acceptors (Lipinski definition) is 9. The molecule has 11 nitrogen and oxygen atoms in total. The normalized spacial score (nSPS) is 22.2. The Morgan fingerprint density at radius 2 is 1.91 bits per heavy atom. The number of anilines is 2. The topological polar surface area (TPSA) is 115 Å². The van der Waals surface area contributed by atoms with Crippen molar-refractivity contribution < 1.29 is 17.9 Å². The highest BCUT2D eigenvalue weighted by Gasteiger charge is 2.34. The number of hydrogen-bond donors (Lipinski definition) is 1. The van der Waals surface area contributed by atoms with E-state index in [1.807, 2.05) is 12.1 Å². The van der Waals surface area contributed by atoms with Crippen LogP contribution in [0, 0.1) is 0 Å². The molecule has 2 aromatic heterocycles. The molecule has 0 radical (unpaired) electrons. The standard InChI is InChI=1S/C31H45N7O4SSi/c1-36-15-6-18-42-28-21-24(11-14-32-28)27-10-9-23-7-5-8-26(23)29(27)33-30-34-31(35-38(30)22-41-19-20-44(2,3)4)43(39,40)37-16-12-25(36)13-17-37/h9-11,14,21,25H,5-8,12-13,15-20,22H2,1-4H3,(H,33,34,35). The lowest BCUT2D eigenvalue weighted by Crippen LogP contribution is -2.46. The van der Waals surface area contributed by atoms with E-state index >= 15 is 0 Å². The van der Waals surface area contributed by atoms with E-state index in [4.69, 9.17) is 9.47 Å². The second kappa shape index (κ2) is 12.9. The lowest BCUT2D eigenvalue weighted by atomic mass is 9.98. The summed E-state index contributed by atoms with van der Waals surface area (Å²) < 4.78 is 43.0. The van der Waals surface area contributed by atoms with Crippen molar-refractivity contribution in [1.82, 2.24) is 29.0 Å². The van der Waals surface area contributed by atoms with Crippen molar-refractivity contribution in [1.29, 1.82) is 0 Å². The van der Waals surface area contributed by atoms with Crippen molar-refractivity contribution in [3.05, 3.63) is 41.6 Å². The molecule has 238 valence electrons. The first-order chi connectivity index (χ1) is 21.1. The number of sulfonamides is 1. The average Bonchev–Trinajstić information content (AvgIpc) is 3.65. The van der Waals surface area contributed by atoms with Crippen LogP contribution in [0.5, 0.6) is 5.88 Å². The third-order valence-corrected chi connectivity index (χ3v) is 12.3. The molecule has 0 spiro atoms. The Bertz CT molecular complexity index is 1580. The van der Waals surface area contributed by atoms with Gasteiger partial charge in [-0.2, -0.15) is 9.29 Å². The molecule has 44 heavy (non-hydrogen) atoms. The number of piperidine rings is 1. The maximum Gasteiger partial charge on any atom is 0.284 e. The van der Waals surface area contributed by atoms with Gasteiger partial charge in [-0.05, 0) is 74.4 Å². The molecule has 1 N–H and O–H groups in total. The Hall–Kier alpha value is -2.84. The summed E-state index contributed by atoms with van der Waals surface area (Å²) in [7, 11) is -3.08. The molecule has 13 heteroatoms. The lowest BCUT2D eigenvalue weighted by Gasteiger charge is -2.35. The van der Waals surface area contributed by atoms with Gasteiger partial charge in [-0.15, -0.1) is 5.10 Å². The minimum atomic E-state index is -3.89. The van der Waals surface area contributed by atoms with Crippen LogP contribution in [0.3, 0.4) is 0 Å². The number of ether oxygens (including phenoxy) is 2. The Kier molecular flexibility index (Phi) is 9.11. The molecular weight excluding hydrogens is 595 g/mol. The molecule has 3 aliphatic heterocycles. The summed E-state index contributed by atoms with van der Waals surface area (Å²) in [5.74, 6) is 0.950. The summed E-state index contributed by atoms with van der Waals surface area (Å²) in [6.07, 6.45) is 7.14. The number of pyridine rings is 1. The van der Waals surface area contributed by atoms with Gasteiger partial charge >= 0.3 is 0 Å². The van der Waals surface area contributed by atoms with E-state index in [1.54, 1.807) is 10.9 Å². The van der Waals surface area contributed by atoms with E-state index in [0.717, 1.165) is 67.9 Å². The predicted molar refractivity (Wildman–Crippen MR) is 174 cm³/mol. The number of benzene rings is 1. The molecule has 0 amide bonds. The predicted octanol–water partition coefficient (Wildman–Crippen LogP) is 4.75. The third kappa shape index (κ3) is 6.86. The number of aromatic nitrogens is 4. The highest BCUT2D eigenvalue weighted by atomic mass is 32.2. The minimum Gasteiger partial charge on any atom is -0.478 e. The molecule has 0 atom stereocenters. The van der Waals surface area contributed by atoms with Gasteiger partial charge in [0.05, 0.1) is 12.3 Å². The molecule has 5 heterocycles. The van der Waals surface area contributed by atoms with Gasteiger partial charge in [0.2, 0.25) is 11.8 Å². The van der Waals surface area contributed by atoms with Gasteiger partial charge in [-0.3, -0.25) is 0 Å². The molecule has 1 aliphatic carbocycles. The third-order valence-electron chi connectivity index (χ3n) is 8.95. The molecule has 3 aromatic rings. The molecule has 7 rings (SSSR count). The molecule has 4 aliphatic rings. The number of nitrogens with zero attached hydrogens (tertiary/aromatic N) is 6. The smallest absolute Gasteiger partial charge is 0.284 e. The monoisotopic (exact) mass is 639 g/mol. The van der Waals surface area contributed by atoms with E-state index in [-0.39, 0.29) is 11.9 Å². The molecule has 0 unspecified atom stereocenters. The fourth-order valence-electron chi connectivity index (χ4n) is 6.27. The van der Waals surface area contributed by atoms with Crippen LogP contribution in [0.25, 0.3) is 11.1 Å². The number of fused-ring (bicyclic) bond motifs is 7. The van der Waals surface area contributed by atoms with E-state index in [9.17, 15) is 8.42 Å². The fourth-order valence-corrected chi connectivity index (χ4v) is 8.35. The first-order valence-corrected chi connectivity index (χ1v) is 21.0. The first kappa shape index (κ1) is 31.2. The van der Waals surface area contributed by atoms with E-state index in [1.165, 1.54) is 15.4 Å². The van der Waals surface area contributed by atoms with Gasteiger partial charge in [0, 0.05) is 58.2 Å². The van der Waals surface area contributed by atoms with Crippen LogP contribution in [-0.2, 0) is 34.3 Å². The van der Waals surface area contributed by atoms with Crippen molar-refractivity contribution in [2.45, 2.75) is 82.1 Å². The average molecular weight is 640 g/mol. The van der Waals surface area contributed by atoms with E-state index in [0.29, 0.717) is 44.2 Å². The second-order valence-electron chi connectivity index (χ2n) is 13.4. The van der Waals surface area contributed by atoms with Crippen LogP contribution < -0.4 is 10.1 Å². The summed E-state index contributed by atoms with van der Waals surface area (Å²) in [5.41, 5.74) is 5.37. The van der Waals surface area contributed by atoms with Gasteiger partial charge in [0.1, 0.15) is 6.73 Å². The van der Waals surface area contributed by atoms with Gasteiger partial charge in [-0.1, -0.05) is 31.8 Å². The van der Waals surface area contributed by atoms with E-state index in [2.05, 4.69) is 64.1 Å². The Labute approximate surface area is 262 Å². The van der Waals surface area contributed by atoms with Gasteiger partial charge in [0.25, 0.3) is 15.2 Å². The van der Waals surface area contributed by atoms with Gasteiger partial charge in [-0.25, -0.2) is 18.1 Å².